The van der Waals surface area contributed by atoms with Gasteiger partial charge in [0.25, 0.3) is 0 Å². The average Bonchev–Trinajstić information content (AvgIpc) is 2.66. The topological polar surface area (TPSA) is 107 Å². The van der Waals surface area contributed by atoms with Crippen molar-refractivity contribution in [3.05, 3.63) is 59.4 Å². The number of carbonyl (C=O) groups excluding carboxylic acids is 1. The number of aliphatic hydroxyl groups excluding tert-OH is 1. The van der Waals surface area contributed by atoms with Crippen LogP contribution in [0.4, 0.5) is 23.2 Å². The third-order valence-electron chi connectivity index (χ3n) is 4.01. The number of rotatable bonds is 5. The van der Waals surface area contributed by atoms with Crippen molar-refractivity contribution in [2.75, 3.05) is 5.32 Å². The molecule has 2 atom stereocenters. The van der Waals surface area contributed by atoms with Gasteiger partial charge in [-0.05, 0) is 42.5 Å². The molecule has 0 fully saturated rings. The highest BCUT2D eigenvalue weighted by atomic mass is 32.2. The van der Waals surface area contributed by atoms with Crippen LogP contribution in [0.3, 0.4) is 0 Å². The second-order valence-corrected chi connectivity index (χ2v) is 8.08. The first-order valence-electron chi connectivity index (χ1n) is 7.97. The van der Waals surface area contributed by atoms with Gasteiger partial charge in [-0.15, -0.1) is 0 Å². The van der Waals surface area contributed by atoms with Crippen LogP contribution in [0.25, 0.3) is 0 Å². The Morgan fingerprint density at radius 3 is 2.28 bits per heavy atom. The van der Waals surface area contributed by atoms with E-state index in [-0.39, 0.29) is 5.69 Å². The van der Waals surface area contributed by atoms with Crippen molar-refractivity contribution in [3.8, 4) is 6.07 Å². The van der Waals surface area contributed by atoms with Gasteiger partial charge < -0.3 is 10.4 Å². The normalized spacial score (nSPS) is 14.0. The number of benzene rings is 2. The maximum atomic E-state index is 13.0. The molecule has 154 valence electrons. The lowest BCUT2D eigenvalue weighted by Gasteiger charge is -2.19. The van der Waals surface area contributed by atoms with Gasteiger partial charge in [-0.2, -0.15) is 18.4 Å². The molecular weight excluding hydrogens is 416 g/mol. The molecule has 0 aromatic heterocycles. The Morgan fingerprint density at radius 1 is 1.17 bits per heavy atom. The summed E-state index contributed by atoms with van der Waals surface area (Å²) in [4.78, 5) is 11.8. The summed E-state index contributed by atoms with van der Waals surface area (Å²) in [5.74, 6) is -3.35. The van der Waals surface area contributed by atoms with Crippen LogP contribution in [0.5, 0.6) is 0 Å². The Labute approximate surface area is 163 Å². The molecule has 0 heterocycles. The number of carbonyl (C=O) groups is 1. The van der Waals surface area contributed by atoms with E-state index in [4.69, 9.17) is 5.26 Å². The van der Waals surface area contributed by atoms with Gasteiger partial charge >= 0.3 is 6.18 Å². The zero-order valence-corrected chi connectivity index (χ0v) is 15.6. The van der Waals surface area contributed by atoms with E-state index in [9.17, 15) is 35.9 Å². The molecule has 0 saturated carbocycles. The summed E-state index contributed by atoms with van der Waals surface area (Å²) < 4.78 is 76.7. The number of nitriles is 1. The number of hydrogen-bond donors (Lipinski definition) is 2. The number of halogens is 4. The maximum Gasteiger partial charge on any atom is 0.417 e. The molecule has 0 aliphatic carbocycles. The standard InChI is InChI=1S/C18H14F4N2O4S/c1-10(17(26)29(27,28)14-6-3-12(19)4-7-14)16(25)24-13-5-2-11(9-23)15(8-13)18(20,21)22/h2-8,10,17,26H,1H3,(H,24,25). The molecule has 1 amide bonds. The molecule has 2 N–H and O–H groups in total. The van der Waals surface area contributed by atoms with E-state index < -0.39 is 55.1 Å². The molecular formula is C18H14F4N2O4S. The fraction of sp³-hybridized carbons (Fsp3) is 0.222. The highest BCUT2D eigenvalue weighted by molar-refractivity contribution is 7.92. The number of anilines is 1. The number of aliphatic hydroxyl groups is 1. The zero-order valence-electron chi connectivity index (χ0n) is 14.7. The molecule has 0 bridgehead atoms. The van der Waals surface area contributed by atoms with Crippen molar-refractivity contribution < 1.29 is 35.9 Å². The average molecular weight is 430 g/mol. The van der Waals surface area contributed by atoms with Crippen molar-refractivity contribution in [3.63, 3.8) is 0 Å². The molecule has 2 rings (SSSR count). The van der Waals surface area contributed by atoms with E-state index in [0.717, 1.165) is 43.3 Å². The van der Waals surface area contributed by atoms with Crippen molar-refractivity contribution >= 4 is 21.4 Å². The molecule has 0 spiro atoms. The summed E-state index contributed by atoms with van der Waals surface area (Å²) >= 11 is 0. The van der Waals surface area contributed by atoms with Gasteiger partial charge in [0.15, 0.2) is 5.44 Å². The first-order valence-corrected chi connectivity index (χ1v) is 9.52. The molecule has 29 heavy (non-hydrogen) atoms. The summed E-state index contributed by atoms with van der Waals surface area (Å²) in [5, 5.41) is 21.0. The number of nitrogens with zero attached hydrogens (tertiary/aromatic N) is 1. The van der Waals surface area contributed by atoms with Crippen molar-refractivity contribution in [1.29, 1.82) is 5.26 Å². The first kappa shape index (κ1) is 22.3. The lowest BCUT2D eigenvalue weighted by atomic mass is 10.1. The second kappa shape index (κ2) is 8.18. The van der Waals surface area contributed by atoms with Crippen LogP contribution >= 0.6 is 0 Å². The Kier molecular flexibility index (Phi) is 6.30. The highest BCUT2D eigenvalue weighted by Gasteiger charge is 2.36. The number of nitrogens with one attached hydrogen (secondary N) is 1. The number of hydrogen-bond acceptors (Lipinski definition) is 5. The summed E-state index contributed by atoms with van der Waals surface area (Å²) in [7, 11) is -4.43. The Bertz CT molecular complexity index is 1060. The van der Waals surface area contributed by atoms with Gasteiger partial charge in [0.2, 0.25) is 15.7 Å². The monoisotopic (exact) mass is 430 g/mol. The van der Waals surface area contributed by atoms with Crippen LogP contribution < -0.4 is 5.32 Å². The van der Waals surface area contributed by atoms with Crippen LogP contribution in [0.15, 0.2) is 47.4 Å². The molecule has 0 radical (unpaired) electrons. The summed E-state index contributed by atoms with van der Waals surface area (Å²) in [5.41, 5.74) is -4.49. The summed E-state index contributed by atoms with van der Waals surface area (Å²) in [6, 6.07) is 7.36. The number of alkyl halides is 3. The predicted octanol–water partition coefficient (Wildman–Crippen LogP) is 3.08. The smallest absolute Gasteiger partial charge is 0.376 e. The van der Waals surface area contributed by atoms with Crippen molar-refractivity contribution in [2.45, 2.75) is 23.4 Å². The predicted molar refractivity (Wildman–Crippen MR) is 93.5 cm³/mol. The van der Waals surface area contributed by atoms with Crippen molar-refractivity contribution in [1.82, 2.24) is 0 Å². The minimum Gasteiger partial charge on any atom is -0.376 e. The first-order chi connectivity index (χ1) is 13.4. The van der Waals surface area contributed by atoms with Gasteiger partial charge in [-0.3, -0.25) is 4.79 Å². The lowest BCUT2D eigenvalue weighted by Crippen LogP contribution is -2.36. The van der Waals surface area contributed by atoms with Crippen LogP contribution in [-0.2, 0) is 20.8 Å². The molecule has 0 saturated heterocycles. The summed E-state index contributed by atoms with van der Waals surface area (Å²) in [6.07, 6.45) is -4.84. The third kappa shape index (κ3) is 4.90. The van der Waals surface area contributed by atoms with E-state index in [0.29, 0.717) is 6.07 Å². The van der Waals surface area contributed by atoms with E-state index in [1.807, 2.05) is 0 Å². The molecule has 0 aliphatic heterocycles. The number of amides is 1. The van der Waals surface area contributed by atoms with E-state index in [1.165, 1.54) is 6.07 Å². The van der Waals surface area contributed by atoms with E-state index in [2.05, 4.69) is 5.32 Å². The lowest BCUT2D eigenvalue weighted by molar-refractivity contribution is -0.137. The molecule has 2 aromatic rings. The van der Waals surface area contributed by atoms with Crippen LogP contribution in [0.2, 0.25) is 0 Å². The van der Waals surface area contributed by atoms with Crippen LogP contribution in [0, 0.1) is 23.1 Å². The van der Waals surface area contributed by atoms with Gasteiger partial charge in [0.1, 0.15) is 5.82 Å². The second-order valence-electron chi connectivity index (χ2n) is 6.04. The number of sulfone groups is 1. The SMILES string of the molecule is CC(C(=O)Nc1ccc(C#N)c(C(F)(F)F)c1)C(O)S(=O)(=O)c1ccc(F)cc1. The molecule has 0 aliphatic rings. The van der Waals surface area contributed by atoms with E-state index >= 15 is 0 Å². The quantitative estimate of drug-likeness (QED) is 0.560. The minimum absolute atomic E-state index is 0.334. The third-order valence-corrected chi connectivity index (χ3v) is 5.99. The largest absolute Gasteiger partial charge is 0.417 e. The van der Waals surface area contributed by atoms with E-state index in [1.54, 1.807) is 0 Å². The molecule has 2 unspecified atom stereocenters. The Morgan fingerprint density at radius 2 is 1.76 bits per heavy atom. The molecule has 2 aromatic carbocycles. The van der Waals surface area contributed by atoms with Crippen molar-refractivity contribution in [2.24, 2.45) is 5.92 Å². The van der Waals surface area contributed by atoms with Gasteiger partial charge in [-0.1, -0.05) is 6.92 Å². The fourth-order valence-corrected chi connectivity index (χ4v) is 3.83. The van der Waals surface area contributed by atoms with Crippen LogP contribution in [0.1, 0.15) is 18.1 Å². The fourth-order valence-electron chi connectivity index (χ4n) is 2.37. The Balaban J connectivity index is 2.24. The molecule has 6 nitrogen and oxygen atoms in total. The van der Waals surface area contributed by atoms with Gasteiger partial charge in [0, 0.05) is 5.69 Å². The minimum atomic E-state index is -4.84. The van der Waals surface area contributed by atoms with Crippen LogP contribution in [-0.4, -0.2) is 24.9 Å². The van der Waals surface area contributed by atoms with Gasteiger partial charge in [-0.25, -0.2) is 12.8 Å². The summed E-state index contributed by atoms with van der Waals surface area (Å²) in [6.45, 7) is 1.06. The highest BCUT2D eigenvalue weighted by Crippen LogP contribution is 2.33. The van der Waals surface area contributed by atoms with Gasteiger partial charge in [0.05, 0.1) is 28.0 Å². The molecule has 11 heteroatoms. The maximum absolute atomic E-state index is 13.0. The Hall–Kier alpha value is -2.97. The zero-order chi connectivity index (χ0) is 22.0.